The van der Waals surface area contributed by atoms with E-state index in [0.29, 0.717) is 33.5 Å². The summed E-state index contributed by atoms with van der Waals surface area (Å²) in [7, 11) is 0. The van der Waals surface area contributed by atoms with Gasteiger partial charge in [0.25, 0.3) is 0 Å². The Morgan fingerprint density at radius 3 is 1.82 bits per heavy atom. The second-order valence-electron chi connectivity index (χ2n) is 6.95. The van der Waals surface area contributed by atoms with Crippen molar-refractivity contribution < 1.29 is 31.5 Å². The predicted octanol–water partition coefficient (Wildman–Crippen LogP) is 6.35. The first-order valence-electron chi connectivity index (χ1n) is 9.52. The van der Waals surface area contributed by atoms with Crippen LogP contribution in [0.25, 0.3) is 33.5 Å². The molecule has 0 spiro atoms. The minimum Gasteiger partial charge on any atom is -0.440 e. The van der Waals surface area contributed by atoms with Crippen LogP contribution in [0.5, 0.6) is 0 Å². The molecule has 1 amide bonds. The molecule has 0 aliphatic carbocycles. The number of ether oxygens (including phenoxy) is 1. The first-order chi connectivity index (χ1) is 15.7. The summed E-state index contributed by atoms with van der Waals surface area (Å²) < 4.78 is 67.7. The highest BCUT2D eigenvalue weighted by molar-refractivity contribution is 5.91. The Labute approximate surface area is 183 Å². The summed E-state index contributed by atoms with van der Waals surface area (Å²) in [6, 6.07) is 15.5. The van der Waals surface area contributed by atoms with Gasteiger partial charge >= 0.3 is 12.3 Å². The molecule has 5 nitrogen and oxygen atoms in total. The van der Waals surface area contributed by atoms with Crippen molar-refractivity contribution in [2.75, 3.05) is 11.9 Å². The van der Waals surface area contributed by atoms with Crippen molar-refractivity contribution in [3.05, 3.63) is 78.4 Å². The number of amides is 1. The van der Waals surface area contributed by atoms with Gasteiger partial charge in [0.1, 0.15) is 11.6 Å². The Balaban J connectivity index is 1.74. The van der Waals surface area contributed by atoms with Crippen molar-refractivity contribution >= 4 is 22.8 Å². The van der Waals surface area contributed by atoms with Crippen molar-refractivity contribution in [2.24, 2.45) is 0 Å². The fourth-order valence-corrected chi connectivity index (χ4v) is 3.05. The molecule has 10 heteroatoms. The second kappa shape index (κ2) is 8.81. The van der Waals surface area contributed by atoms with Gasteiger partial charge in [0.15, 0.2) is 6.61 Å². The average molecular weight is 459 g/mol. The lowest BCUT2D eigenvalue weighted by atomic mass is 10.0. The largest absolute Gasteiger partial charge is 0.440 e. The Bertz CT molecular complexity index is 1310. The zero-order valence-electron chi connectivity index (χ0n) is 16.7. The van der Waals surface area contributed by atoms with Crippen LogP contribution in [0.3, 0.4) is 0 Å². The van der Waals surface area contributed by atoms with Gasteiger partial charge in [-0.3, -0.25) is 5.32 Å². The molecule has 0 aliphatic heterocycles. The normalized spacial score (nSPS) is 11.4. The number of carbonyl (C=O) groups excluding carboxylic acids is 1. The van der Waals surface area contributed by atoms with Crippen LogP contribution in [0, 0.1) is 11.6 Å². The van der Waals surface area contributed by atoms with Gasteiger partial charge in [0.05, 0.1) is 22.4 Å². The van der Waals surface area contributed by atoms with E-state index < -0.39 is 30.5 Å². The Kier molecular flexibility index (Phi) is 5.91. The molecule has 4 rings (SSSR count). The summed E-state index contributed by atoms with van der Waals surface area (Å²) in [5.74, 6) is -0.872. The molecule has 1 heterocycles. The highest BCUT2D eigenvalue weighted by Gasteiger charge is 2.29. The summed E-state index contributed by atoms with van der Waals surface area (Å²) in [5.41, 5.74) is 2.76. The molecule has 33 heavy (non-hydrogen) atoms. The number of nitrogens with one attached hydrogen (secondary N) is 1. The van der Waals surface area contributed by atoms with Gasteiger partial charge in [0, 0.05) is 16.8 Å². The van der Waals surface area contributed by atoms with Gasteiger partial charge < -0.3 is 4.74 Å². The Morgan fingerprint density at radius 1 is 0.788 bits per heavy atom. The average Bonchev–Trinajstić information content (AvgIpc) is 2.77. The fraction of sp³-hybridized carbons (Fsp3) is 0.0870. The molecule has 0 saturated heterocycles. The monoisotopic (exact) mass is 459 g/mol. The molecule has 0 bridgehead atoms. The SMILES string of the molecule is O=C(Nc1ccc2nc(-c3ccc(F)cc3)c(-c3ccc(F)cc3)nc2c1)OCC(F)(F)F. The topological polar surface area (TPSA) is 64.1 Å². The summed E-state index contributed by atoms with van der Waals surface area (Å²) in [6.45, 7) is -1.72. The zero-order valence-corrected chi connectivity index (χ0v) is 16.7. The van der Waals surface area contributed by atoms with Crippen molar-refractivity contribution in [3.63, 3.8) is 0 Å². The van der Waals surface area contributed by atoms with E-state index >= 15 is 0 Å². The van der Waals surface area contributed by atoms with Crippen LogP contribution in [-0.2, 0) is 4.74 Å². The molecule has 0 aliphatic rings. The smallest absolute Gasteiger partial charge is 0.422 e. The van der Waals surface area contributed by atoms with Crippen LogP contribution in [0.1, 0.15) is 0 Å². The molecule has 1 N–H and O–H groups in total. The summed E-state index contributed by atoms with van der Waals surface area (Å²) in [5, 5.41) is 2.21. The minimum atomic E-state index is -4.65. The molecule has 0 atom stereocenters. The summed E-state index contributed by atoms with van der Waals surface area (Å²) in [4.78, 5) is 20.8. The molecular weight excluding hydrogens is 445 g/mol. The number of aromatic nitrogens is 2. The van der Waals surface area contributed by atoms with Crippen molar-refractivity contribution in [3.8, 4) is 22.5 Å². The third-order valence-electron chi connectivity index (χ3n) is 4.51. The van der Waals surface area contributed by atoms with Gasteiger partial charge in [0.2, 0.25) is 0 Å². The van der Waals surface area contributed by atoms with E-state index in [9.17, 15) is 26.7 Å². The number of carbonyl (C=O) groups is 1. The molecule has 3 aromatic carbocycles. The molecule has 0 unspecified atom stereocenters. The quantitative estimate of drug-likeness (QED) is 0.361. The number of alkyl halides is 3. The van der Waals surface area contributed by atoms with E-state index in [1.807, 2.05) is 0 Å². The first kappa shape index (κ1) is 22.1. The highest BCUT2D eigenvalue weighted by atomic mass is 19.4. The van der Waals surface area contributed by atoms with Gasteiger partial charge in [-0.15, -0.1) is 0 Å². The summed E-state index contributed by atoms with van der Waals surface area (Å²) >= 11 is 0. The van der Waals surface area contributed by atoms with Crippen molar-refractivity contribution in [2.45, 2.75) is 6.18 Å². The number of hydrogen-bond donors (Lipinski definition) is 1. The maximum atomic E-state index is 13.4. The maximum Gasteiger partial charge on any atom is 0.422 e. The molecule has 168 valence electrons. The standard InChI is InChI=1S/C23H14F5N3O2/c24-15-5-1-13(2-6-15)20-21(14-3-7-16(25)8-4-14)31-19-11-17(9-10-18(19)30-20)29-22(32)33-12-23(26,27)28/h1-11H,12H2,(H,29,32). The molecule has 0 saturated carbocycles. The van der Waals surface area contributed by atoms with E-state index in [4.69, 9.17) is 0 Å². The predicted molar refractivity (Wildman–Crippen MR) is 111 cm³/mol. The molecular formula is C23H14F5N3O2. The highest BCUT2D eigenvalue weighted by Crippen LogP contribution is 2.32. The number of fused-ring (bicyclic) bond motifs is 1. The van der Waals surface area contributed by atoms with Crippen molar-refractivity contribution in [1.82, 2.24) is 9.97 Å². The molecule has 0 fully saturated rings. The van der Waals surface area contributed by atoms with Crippen LogP contribution < -0.4 is 5.32 Å². The van der Waals surface area contributed by atoms with E-state index in [-0.39, 0.29) is 5.69 Å². The second-order valence-corrected chi connectivity index (χ2v) is 6.95. The lowest BCUT2D eigenvalue weighted by Gasteiger charge is -2.12. The molecule has 1 aromatic heterocycles. The van der Waals surface area contributed by atoms with Gasteiger partial charge in [-0.2, -0.15) is 13.2 Å². The number of benzene rings is 3. The van der Waals surface area contributed by atoms with E-state index in [1.54, 1.807) is 0 Å². The van der Waals surface area contributed by atoms with Crippen LogP contribution in [0.15, 0.2) is 66.7 Å². The number of anilines is 1. The number of rotatable bonds is 4. The van der Waals surface area contributed by atoms with Crippen molar-refractivity contribution in [1.29, 1.82) is 0 Å². The molecule has 4 aromatic rings. The van der Waals surface area contributed by atoms with Gasteiger partial charge in [-0.1, -0.05) is 0 Å². The van der Waals surface area contributed by atoms with E-state index in [2.05, 4.69) is 20.0 Å². The number of halogens is 5. The summed E-state index contributed by atoms with van der Waals surface area (Å²) in [6.07, 6.45) is -5.92. The van der Waals surface area contributed by atoms with Crippen LogP contribution in [0.4, 0.5) is 32.4 Å². The third-order valence-corrected chi connectivity index (χ3v) is 4.51. The Hall–Kier alpha value is -4.08. The van der Waals surface area contributed by atoms with E-state index in [0.717, 1.165) is 0 Å². The van der Waals surface area contributed by atoms with Crippen LogP contribution >= 0.6 is 0 Å². The van der Waals surface area contributed by atoms with E-state index in [1.165, 1.54) is 66.7 Å². The fourth-order valence-electron chi connectivity index (χ4n) is 3.05. The van der Waals surface area contributed by atoms with Gasteiger partial charge in [-0.25, -0.2) is 23.5 Å². The first-order valence-corrected chi connectivity index (χ1v) is 9.52. The minimum absolute atomic E-state index is 0.142. The van der Waals surface area contributed by atoms with Crippen LogP contribution in [0.2, 0.25) is 0 Å². The lowest BCUT2D eigenvalue weighted by molar-refractivity contribution is -0.159. The lowest BCUT2D eigenvalue weighted by Crippen LogP contribution is -2.23. The number of nitrogens with zero attached hydrogens (tertiary/aromatic N) is 2. The Morgan fingerprint density at radius 2 is 1.30 bits per heavy atom. The third kappa shape index (κ3) is 5.40. The zero-order chi connectivity index (χ0) is 23.6. The van der Waals surface area contributed by atoms with Crippen LogP contribution in [-0.4, -0.2) is 28.8 Å². The molecule has 0 radical (unpaired) electrons. The number of hydrogen-bond acceptors (Lipinski definition) is 4. The maximum absolute atomic E-state index is 13.4. The van der Waals surface area contributed by atoms with Gasteiger partial charge in [-0.05, 0) is 66.7 Å².